The summed E-state index contributed by atoms with van der Waals surface area (Å²) in [4.78, 5) is 29.0. The molecule has 102 valence electrons. The molecular formula is C13H12N4O3. The van der Waals surface area contributed by atoms with Gasteiger partial charge in [0.2, 0.25) is 0 Å². The number of amides is 1. The van der Waals surface area contributed by atoms with E-state index >= 15 is 0 Å². The van der Waals surface area contributed by atoms with Crippen molar-refractivity contribution >= 4 is 12.1 Å². The molecule has 0 atom stereocenters. The van der Waals surface area contributed by atoms with Crippen LogP contribution in [-0.4, -0.2) is 29.2 Å². The van der Waals surface area contributed by atoms with Crippen LogP contribution in [0.5, 0.6) is 5.75 Å². The van der Waals surface area contributed by atoms with Crippen LogP contribution in [0.15, 0.2) is 46.7 Å². The Balaban J connectivity index is 2.01. The van der Waals surface area contributed by atoms with Crippen LogP contribution in [0.4, 0.5) is 0 Å². The van der Waals surface area contributed by atoms with E-state index in [0.29, 0.717) is 0 Å². The Morgan fingerprint density at radius 1 is 1.40 bits per heavy atom. The largest absolute Gasteiger partial charge is 0.497 e. The number of hydrogen-bond acceptors (Lipinski definition) is 5. The number of hydrazone groups is 1. The quantitative estimate of drug-likeness (QED) is 0.627. The Hall–Kier alpha value is -2.96. The molecule has 1 amide bonds. The highest BCUT2D eigenvalue weighted by molar-refractivity contribution is 5.94. The first-order valence-electron chi connectivity index (χ1n) is 5.71. The van der Waals surface area contributed by atoms with Crippen LogP contribution in [0.3, 0.4) is 0 Å². The third-order valence-corrected chi connectivity index (χ3v) is 2.46. The van der Waals surface area contributed by atoms with E-state index in [1.165, 1.54) is 18.7 Å². The number of carbonyl (C=O) groups is 1. The van der Waals surface area contributed by atoms with Crippen LogP contribution in [0.2, 0.25) is 0 Å². The van der Waals surface area contributed by atoms with Gasteiger partial charge < -0.3 is 9.72 Å². The lowest BCUT2D eigenvalue weighted by Crippen LogP contribution is -2.26. The number of nitrogens with zero attached hydrogens (tertiary/aromatic N) is 2. The van der Waals surface area contributed by atoms with E-state index in [-0.39, 0.29) is 5.56 Å². The Morgan fingerprint density at radius 3 is 2.80 bits per heavy atom. The van der Waals surface area contributed by atoms with Crippen molar-refractivity contribution in [3.05, 3.63) is 58.3 Å². The van der Waals surface area contributed by atoms with E-state index in [1.807, 2.05) is 0 Å². The molecule has 2 N–H and O–H groups in total. The van der Waals surface area contributed by atoms with E-state index < -0.39 is 11.5 Å². The molecule has 0 bridgehead atoms. The number of ether oxygens (including phenoxy) is 1. The first-order chi connectivity index (χ1) is 9.70. The monoisotopic (exact) mass is 272 g/mol. The minimum absolute atomic E-state index is 0.0978. The molecule has 0 fully saturated rings. The highest BCUT2D eigenvalue weighted by Gasteiger charge is 2.08. The van der Waals surface area contributed by atoms with Gasteiger partial charge in [0.1, 0.15) is 11.3 Å². The normalized spacial score (nSPS) is 10.4. The summed E-state index contributed by atoms with van der Waals surface area (Å²) in [6.45, 7) is 0. The number of nitrogens with one attached hydrogen (secondary N) is 2. The van der Waals surface area contributed by atoms with Crippen molar-refractivity contribution in [2.75, 3.05) is 7.11 Å². The molecule has 0 radical (unpaired) electrons. The number of aromatic amines is 1. The molecule has 0 aliphatic carbocycles. The van der Waals surface area contributed by atoms with Crippen LogP contribution in [-0.2, 0) is 0 Å². The smallest absolute Gasteiger partial charge is 0.278 e. The second-order valence-corrected chi connectivity index (χ2v) is 3.77. The standard InChI is InChI=1S/C13H12N4O3/c1-20-10-4-2-9(3-5-10)6-16-17-13(19)11-7-14-8-15-12(11)18/h2-8H,1H3,(H,17,19)(H,14,15,18)/b16-6+. The number of rotatable bonds is 4. The summed E-state index contributed by atoms with van der Waals surface area (Å²) in [6, 6.07) is 7.11. The minimum Gasteiger partial charge on any atom is -0.497 e. The van der Waals surface area contributed by atoms with E-state index in [9.17, 15) is 9.59 Å². The topological polar surface area (TPSA) is 96.4 Å². The zero-order valence-corrected chi connectivity index (χ0v) is 10.7. The predicted molar refractivity (Wildman–Crippen MR) is 72.9 cm³/mol. The third kappa shape index (κ3) is 3.29. The average Bonchev–Trinajstić information content (AvgIpc) is 2.48. The lowest BCUT2D eigenvalue weighted by Gasteiger charge is -1.99. The number of aromatic nitrogens is 2. The second-order valence-electron chi connectivity index (χ2n) is 3.77. The number of carbonyl (C=O) groups excluding carboxylic acids is 1. The van der Waals surface area contributed by atoms with Gasteiger partial charge in [0, 0.05) is 6.20 Å². The van der Waals surface area contributed by atoms with Crippen molar-refractivity contribution in [1.82, 2.24) is 15.4 Å². The lowest BCUT2D eigenvalue weighted by molar-refractivity contribution is 0.0953. The Kier molecular flexibility index (Phi) is 4.23. The third-order valence-electron chi connectivity index (χ3n) is 2.46. The molecule has 0 spiro atoms. The van der Waals surface area contributed by atoms with Gasteiger partial charge in [-0.2, -0.15) is 5.10 Å². The summed E-state index contributed by atoms with van der Waals surface area (Å²) in [7, 11) is 1.58. The number of benzene rings is 1. The SMILES string of the molecule is COc1ccc(/C=N/NC(=O)c2cnc[nH]c2=O)cc1. The van der Waals surface area contributed by atoms with Crippen molar-refractivity contribution in [1.29, 1.82) is 0 Å². The van der Waals surface area contributed by atoms with Crippen molar-refractivity contribution in [3.8, 4) is 5.75 Å². The molecule has 7 nitrogen and oxygen atoms in total. The fraction of sp³-hybridized carbons (Fsp3) is 0.0769. The van der Waals surface area contributed by atoms with Gasteiger partial charge in [-0.1, -0.05) is 0 Å². The molecule has 2 aromatic rings. The molecule has 0 aliphatic rings. The lowest BCUT2D eigenvalue weighted by atomic mass is 10.2. The van der Waals surface area contributed by atoms with Crippen LogP contribution < -0.4 is 15.7 Å². The summed E-state index contributed by atoms with van der Waals surface area (Å²) < 4.78 is 5.02. The summed E-state index contributed by atoms with van der Waals surface area (Å²) in [5.74, 6) is 0.109. The highest BCUT2D eigenvalue weighted by atomic mass is 16.5. The predicted octanol–water partition coefficient (Wildman–Crippen LogP) is 0.542. The minimum atomic E-state index is -0.621. The summed E-state index contributed by atoms with van der Waals surface area (Å²) >= 11 is 0. The first-order valence-corrected chi connectivity index (χ1v) is 5.71. The molecule has 2 rings (SSSR count). The number of H-pyrrole nitrogens is 1. The molecule has 0 aliphatic heterocycles. The Labute approximate surface area is 114 Å². The number of hydrogen-bond donors (Lipinski definition) is 2. The first kappa shape index (κ1) is 13.5. The van der Waals surface area contributed by atoms with E-state index in [1.54, 1.807) is 31.4 Å². The van der Waals surface area contributed by atoms with E-state index in [2.05, 4.69) is 20.5 Å². The van der Waals surface area contributed by atoms with Crippen molar-refractivity contribution in [3.63, 3.8) is 0 Å². The summed E-state index contributed by atoms with van der Waals surface area (Å²) in [6.07, 6.45) is 3.85. The van der Waals surface area contributed by atoms with Gasteiger partial charge in [0.25, 0.3) is 11.5 Å². The molecule has 0 saturated heterocycles. The van der Waals surface area contributed by atoms with Crippen LogP contribution in [0, 0.1) is 0 Å². The zero-order valence-electron chi connectivity index (χ0n) is 10.7. The molecule has 20 heavy (non-hydrogen) atoms. The number of methoxy groups -OCH3 is 1. The summed E-state index contributed by atoms with van der Waals surface area (Å²) in [5.41, 5.74) is 2.43. The van der Waals surface area contributed by atoms with Crippen LogP contribution in [0.1, 0.15) is 15.9 Å². The van der Waals surface area contributed by atoms with E-state index in [0.717, 1.165) is 11.3 Å². The molecule has 0 unspecified atom stereocenters. The van der Waals surface area contributed by atoms with Gasteiger partial charge in [-0.05, 0) is 29.8 Å². The van der Waals surface area contributed by atoms with Crippen molar-refractivity contribution in [2.24, 2.45) is 5.10 Å². The fourth-order valence-corrected chi connectivity index (χ4v) is 1.42. The molecule has 1 heterocycles. The maximum Gasteiger partial charge on any atom is 0.278 e. The van der Waals surface area contributed by atoms with Crippen LogP contribution >= 0.6 is 0 Å². The van der Waals surface area contributed by atoms with Gasteiger partial charge >= 0.3 is 0 Å². The molecule has 0 saturated carbocycles. The van der Waals surface area contributed by atoms with Crippen molar-refractivity contribution in [2.45, 2.75) is 0 Å². The Bertz CT molecular complexity index is 677. The maximum atomic E-state index is 11.7. The second kappa shape index (κ2) is 6.28. The van der Waals surface area contributed by atoms with Crippen LogP contribution in [0.25, 0.3) is 0 Å². The molecular weight excluding hydrogens is 260 g/mol. The Morgan fingerprint density at radius 2 is 2.15 bits per heavy atom. The zero-order chi connectivity index (χ0) is 14.4. The molecule has 1 aromatic carbocycles. The van der Waals surface area contributed by atoms with Gasteiger partial charge in [-0.25, -0.2) is 10.4 Å². The molecule has 1 aromatic heterocycles. The fourth-order valence-electron chi connectivity index (χ4n) is 1.42. The average molecular weight is 272 g/mol. The van der Waals surface area contributed by atoms with Gasteiger partial charge in [0.15, 0.2) is 0 Å². The van der Waals surface area contributed by atoms with Gasteiger partial charge in [0.05, 0.1) is 19.7 Å². The summed E-state index contributed by atoms with van der Waals surface area (Å²) in [5, 5.41) is 3.77. The maximum absolute atomic E-state index is 11.7. The van der Waals surface area contributed by atoms with Gasteiger partial charge in [-0.3, -0.25) is 9.59 Å². The molecule has 7 heteroatoms. The van der Waals surface area contributed by atoms with Crippen molar-refractivity contribution < 1.29 is 9.53 Å². The van der Waals surface area contributed by atoms with Gasteiger partial charge in [-0.15, -0.1) is 0 Å². The highest BCUT2D eigenvalue weighted by Crippen LogP contribution is 2.09. The van der Waals surface area contributed by atoms with E-state index in [4.69, 9.17) is 4.74 Å².